The van der Waals surface area contributed by atoms with E-state index in [-0.39, 0.29) is 6.04 Å². The van der Waals surface area contributed by atoms with Crippen LogP contribution in [0.1, 0.15) is 34.7 Å². The van der Waals surface area contributed by atoms with Crippen molar-refractivity contribution in [3.63, 3.8) is 0 Å². The number of rotatable bonds is 9. The van der Waals surface area contributed by atoms with Gasteiger partial charge in [-0.25, -0.2) is 9.99 Å². The van der Waals surface area contributed by atoms with E-state index < -0.39 is 0 Å². The molecule has 0 bridgehead atoms. The Hall–Kier alpha value is -4.15. The molecule has 0 radical (unpaired) electrons. The Bertz CT molecular complexity index is 2100. The van der Waals surface area contributed by atoms with Crippen LogP contribution in [-0.4, -0.2) is 10.7 Å². The summed E-state index contributed by atoms with van der Waals surface area (Å²) in [6.45, 7) is 2.43. The van der Waals surface area contributed by atoms with E-state index >= 15 is 0 Å². The lowest BCUT2D eigenvalue weighted by Gasteiger charge is -2.21. The largest absolute Gasteiger partial charge is 0.488 e. The standard InChI is InChI=1S/C38H28Br2ClN5OS/c1-24-2-16-31(17-3-24)43-44-32-18-19-37(47-22-25-4-14-30(41)15-5-25)33(20-32)34-21-36(27-8-12-29(40)13-9-27)46(45-34)38-42-35(23-48-38)26-6-10-28(39)11-7-26/h2-20,23,36H,21-22H2,1H3. The molecule has 1 aliphatic rings. The third-order valence-electron chi connectivity index (χ3n) is 7.89. The van der Waals surface area contributed by atoms with Gasteiger partial charge >= 0.3 is 0 Å². The minimum Gasteiger partial charge on any atom is -0.488 e. The Kier molecular flexibility index (Phi) is 9.81. The minimum absolute atomic E-state index is 0.0704. The summed E-state index contributed by atoms with van der Waals surface area (Å²) >= 11 is 14.8. The molecular formula is C38H28Br2ClN5OS. The summed E-state index contributed by atoms with van der Waals surface area (Å²) in [6.07, 6.45) is 0.644. The number of hydrogen-bond acceptors (Lipinski definition) is 7. The molecule has 10 heteroatoms. The van der Waals surface area contributed by atoms with Gasteiger partial charge in [0.2, 0.25) is 5.13 Å². The van der Waals surface area contributed by atoms with Gasteiger partial charge in [-0.1, -0.05) is 97.6 Å². The van der Waals surface area contributed by atoms with Gasteiger partial charge < -0.3 is 4.74 Å². The highest BCUT2D eigenvalue weighted by atomic mass is 79.9. The molecule has 0 aliphatic carbocycles. The first kappa shape index (κ1) is 32.4. The number of ether oxygens (including phenoxy) is 1. The first-order chi connectivity index (χ1) is 23.4. The average Bonchev–Trinajstić information content (AvgIpc) is 3.77. The number of benzene rings is 5. The molecule has 48 heavy (non-hydrogen) atoms. The van der Waals surface area contributed by atoms with Crippen LogP contribution in [0.5, 0.6) is 5.75 Å². The zero-order valence-electron chi connectivity index (χ0n) is 25.7. The molecule has 1 unspecified atom stereocenters. The number of aromatic nitrogens is 1. The second kappa shape index (κ2) is 14.5. The number of thiazole rings is 1. The van der Waals surface area contributed by atoms with Gasteiger partial charge in [-0.2, -0.15) is 15.3 Å². The quantitative estimate of drug-likeness (QED) is 0.137. The van der Waals surface area contributed by atoms with Crippen LogP contribution in [0.3, 0.4) is 0 Å². The monoisotopic (exact) mass is 795 g/mol. The Morgan fingerprint density at radius 2 is 1.50 bits per heavy atom. The fraction of sp³-hybridized carbons (Fsp3) is 0.105. The van der Waals surface area contributed by atoms with Crippen molar-refractivity contribution in [3.8, 4) is 17.0 Å². The maximum Gasteiger partial charge on any atom is 0.207 e. The van der Waals surface area contributed by atoms with Crippen molar-refractivity contribution in [2.75, 3.05) is 5.01 Å². The van der Waals surface area contributed by atoms with E-state index in [0.29, 0.717) is 29.5 Å². The molecule has 0 amide bonds. The zero-order valence-corrected chi connectivity index (χ0v) is 30.5. The molecule has 7 rings (SSSR count). The van der Waals surface area contributed by atoms with Gasteiger partial charge in [0, 0.05) is 36.9 Å². The average molecular weight is 798 g/mol. The number of halogens is 3. The van der Waals surface area contributed by atoms with Crippen molar-refractivity contribution in [1.29, 1.82) is 0 Å². The second-order valence-electron chi connectivity index (χ2n) is 11.3. The lowest BCUT2D eigenvalue weighted by Crippen LogP contribution is -2.18. The molecule has 1 aliphatic heterocycles. The number of nitrogens with zero attached hydrogens (tertiary/aromatic N) is 5. The van der Waals surface area contributed by atoms with Crippen LogP contribution in [0.15, 0.2) is 145 Å². The van der Waals surface area contributed by atoms with Gasteiger partial charge in [0.1, 0.15) is 12.4 Å². The smallest absolute Gasteiger partial charge is 0.207 e. The Morgan fingerprint density at radius 1 is 0.833 bits per heavy atom. The number of hydrogen-bond donors (Lipinski definition) is 0. The van der Waals surface area contributed by atoms with E-state index in [2.05, 4.69) is 90.8 Å². The summed E-state index contributed by atoms with van der Waals surface area (Å²) in [5, 5.41) is 19.9. The molecule has 0 fully saturated rings. The first-order valence-electron chi connectivity index (χ1n) is 15.2. The highest BCUT2D eigenvalue weighted by Gasteiger charge is 2.33. The maximum atomic E-state index is 6.44. The number of anilines is 1. The molecular weight excluding hydrogens is 770 g/mol. The van der Waals surface area contributed by atoms with E-state index in [0.717, 1.165) is 53.4 Å². The fourth-order valence-electron chi connectivity index (χ4n) is 5.32. The van der Waals surface area contributed by atoms with Gasteiger partial charge in [-0.05, 0) is 84.8 Å². The lowest BCUT2D eigenvalue weighted by atomic mass is 9.98. The number of aryl methyl sites for hydroxylation is 1. The summed E-state index contributed by atoms with van der Waals surface area (Å²) < 4.78 is 8.49. The molecule has 5 aromatic carbocycles. The molecule has 0 saturated heterocycles. The van der Waals surface area contributed by atoms with Gasteiger partial charge in [0.25, 0.3) is 0 Å². The molecule has 6 nitrogen and oxygen atoms in total. The van der Waals surface area contributed by atoms with Crippen molar-refractivity contribution in [2.45, 2.75) is 26.0 Å². The normalized spacial score (nSPS) is 14.5. The highest BCUT2D eigenvalue weighted by Crippen LogP contribution is 2.41. The topological polar surface area (TPSA) is 62.4 Å². The summed E-state index contributed by atoms with van der Waals surface area (Å²) in [5.41, 5.74) is 8.51. The third-order valence-corrected chi connectivity index (χ3v) is 10.0. The van der Waals surface area contributed by atoms with Crippen LogP contribution in [0.4, 0.5) is 16.5 Å². The maximum absolute atomic E-state index is 6.44. The van der Waals surface area contributed by atoms with E-state index in [1.807, 2.05) is 83.9 Å². The molecule has 1 atom stereocenters. The van der Waals surface area contributed by atoms with E-state index in [1.54, 1.807) is 11.3 Å². The zero-order chi connectivity index (χ0) is 33.0. The van der Waals surface area contributed by atoms with Gasteiger partial charge in [-0.3, -0.25) is 0 Å². The predicted molar refractivity (Wildman–Crippen MR) is 203 cm³/mol. The lowest BCUT2D eigenvalue weighted by molar-refractivity contribution is 0.305. The number of hydrazone groups is 1. The van der Waals surface area contributed by atoms with Crippen LogP contribution in [-0.2, 0) is 6.61 Å². The molecule has 2 heterocycles. The van der Waals surface area contributed by atoms with Crippen molar-refractivity contribution in [2.24, 2.45) is 15.3 Å². The van der Waals surface area contributed by atoms with Gasteiger partial charge in [0.05, 0.1) is 28.8 Å². The summed E-state index contributed by atoms with van der Waals surface area (Å²) in [5.74, 6) is 0.712. The highest BCUT2D eigenvalue weighted by molar-refractivity contribution is 9.10. The summed E-state index contributed by atoms with van der Waals surface area (Å²) in [4.78, 5) is 5.04. The van der Waals surface area contributed by atoms with Crippen molar-refractivity contribution < 1.29 is 4.74 Å². The van der Waals surface area contributed by atoms with E-state index in [4.69, 9.17) is 26.4 Å². The molecule has 1 aromatic heterocycles. The molecule has 238 valence electrons. The second-order valence-corrected chi connectivity index (χ2v) is 14.4. The van der Waals surface area contributed by atoms with Crippen molar-refractivity contribution >= 4 is 77.0 Å². The molecule has 0 spiro atoms. The van der Waals surface area contributed by atoms with Crippen LogP contribution < -0.4 is 9.75 Å². The van der Waals surface area contributed by atoms with Crippen molar-refractivity contribution in [1.82, 2.24) is 4.98 Å². The molecule has 6 aromatic rings. The van der Waals surface area contributed by atoms with Crippen LogP contribution in [0, 0.1) is 6.92 Å². The van der Waals surface area contributed by atoms with Gasteiger partial charge in [-0.15, -0.1) is 11.3 Å². The SMILES string of the molecule is Cc1ccc(N=Nc2ccc(OCc3ccc(Cl)cc3)c(C3=NN(c4nc(-c5ccc(Br)cc5)cs4)C(c4ccc(Br)cc4)C3)c2)cc1. The fourth-order valence-corrected chi connectivity index (χ4v) is 6.80. The van der Waals surface area contributed by atoms with Gasteiger partial charge in [0.15, 0.2) is 0 Å². The summed E-state index contributed by atoms with van der Waals surface area (Å²) in [6, 6.07) is 38.0. The van der Waals surface area contributed by atoms with Crippen molar-refractivity contribution in [3.05, 3.63) is 157 Å². The first-order valence-corrected chi connectivity index (χ1v) is 18.1. The van der Waals surface area contributed by atoms with Crippen LogP contribution >= 0.6 is 54.8 Å². The van der Waals surface area contributed by atoms with E-state index in [1.165, 1.54) is 5.56 Å². The third kappa shape index (κ3) is 7.60. The predicted octanol–water partition coefficient (Wildman–Crippen LogP) is 12.6. The summed E-state index contributed by atoms with van der Waals surface area (Å²) in [7, 11) is 0. The molecule has 0 N–H and O–H groups in total. The van der Waals surface area contributed by atoms with Crippen LogP contribution in [0.25, 0.3) is 11.3 Å². The Morgan fingerprint density at radius 3 is 2.23 bits per heavy atom. The van der Waals surface area contributed by atoms with Crippen LogP contribution in [0.2, 0.25) is 5.02 Å². The minimum atomic E-state index is -0.0704. The van der Waals surface area contributed by atoms with E-state index in [9.17, 15) is 0 Å². The molecule has 0 saturated carbocycles. The number of azo groups is 1. The Balaban J connectivity index is 1.27. The Labute approximate surface area is 305 Å².